The Morgan fingerprint density at radius 1 is 1.06 bits per heavy atom. The molecule has 0 amide bonds. The van der Waals surface area contributed by atoms with Gasteiger partial charge in [0, 0.05) is 25.5 Å². The minimum Gasteiger partial charge on any atom is -0.399 e. The van der Waals surface area contributed by atoms with Gasteiger partial charge in [0.2, 0.25) is 5.95 Å². The van der Waals surface area contributed by atoms with Gasteiger partial charge in [0.15, 0.2) is 0 Å². The number of nitrogens with two attached hydrogens (primary N) is 1. The third-order valence-corrected chi connectivity index (χ3v) is 5.22. The molecular weight excluding hydrogens is 405 g/mol. The Labute approximate surface area is 185 Å². The van der Waals surface area contributed by atoms with Gasteiger partial charge in [0.1, 0.15) is 11.5 Å². The Bertz CT molecular complexity index is 1270. The molecule has 2 aromatic heterocycles. The standard InChI is InChI=1S/C25H24FN5O/c1-31-24(32)22(18-9-11-19(26)12-10-18)23(21-16-20(27)13-15-28-21)30-25(31)29-14-5-8-17-6-3-2-4-7-17/h2-4,6-7,9-13,15-16H,5,8,14H2,1H3,(H2,27,28)(H,29,30). The summed E-state index contributed by atoms with van der Waals surface area (Å²) in [6, 6.07) is 19.3. The van der Waals surface area contributed by atoms with Crippen molar-refractivity contribution in [2.75, 3.05) is 17.6 Å². The molecule has 0 atom stereocenters. The van der Waals surface area contributed by atoms with Crippen LogP contribution in [0, 0.1) is 5.82 Å². The molecule has 6 nitrogen and oxygen atoms in total. The van der Waals surface area contributed by atoms with Crippen LogP contribution in [-0.4, -0.2) is 21.1 Å². The molecule has 0 saturated heterocycles. The largest absolute Gasteiger partial charge is 0.399 e. The van der Waals surface area contributed by atoms with Crippen molar-refractivity contribution in [2.45, 2.75) is 12.8 Å². The molecule has 2 aromatic carbocycles. The zero-order valence-corrected chi connectivity index (χ0v) is 17.8. The van der Waals surface area contributed by atoms with Crippen LogP contribution in [0.5, 0.6) is 0 Å². The highest BCUT2D eigenvalue weighted by atomic mass is 19.1. The molecular formula is C25H24FN5O. The summed E-state index contributed by atoms with van der Waals surface area (Å²) in [7, 11) is 1.67. The van der Waals surface area contributed by atoms with E-state index in [1.807, 2.05) is 18.2 Å². The number of halogens is 1. The Kier molecular flexibility index (Phi) is 6.26. The maximum absolute atomic E-state index is 13.5. The molecule has 32 heavy (non-hydrogen) atoms. The van der Waals surface area contributed by atoms with Crippen molar-refractivity contribution in [1.82, 2.24) is 14.5 Å². The summed E-state index contributed by atoms with van der Waals surface area (Å²) in [6.07, 6.45) is 3.37. The number of anilines is 2. The highest BCUT2D eigenvalue weighted by Crippen LogP contribution is 2.28. The van der Waals surface area contributed by atoms with Gasteiger partial charge < -0.3 is 11.1 Å². The molecule has 0 radical (unpaired) electrons. The van der Waals surface area contributed by atoms with Crippen LogP contribution in [-0.2, 0) is 13.5 Å². The third-order valence-electron chi connectivity index (χ3n) is 5.22. The molecule has 0 aliphatic heterocycles. The molecule has 0 aliphatic rings. The third kappa shape index (κ3) is 4.67. The van der Waals surface area contributed by atoms with Crippen LogP contribution in [0.4, 0.5) is 16.0 Å². The van der Waals surface area contributed by atoms with Crippen LogP contribution in [0.15, 0.2) is 77.7 Å². The van der Waals surface area contributed by atoms with E-state index in [0.29, 0.717) is 40.7 Å². The summed E-state index contributed by atoms with van der Waals surface area (Å²) in [5, 5.41) is 3.27. The summed E-state index contributed by atoms with van der Waals surface area (Å²) in [6.45, 7) is 0.648. The quantitative estimate of drug-likeness (QED) is 0.429. The van der Waals surface area contributed by atoms with Gasteiger partial charge in [-0.1, -0.05) is 42.5 Å². The number of pyridine rings is 1. The lowest BCUT2D eigenvalue weighted by Gasteiger charge is -2.16. The average Bonchev–Trinajstić information content (AvgIpc) is 2.81. The highest BCUT2D eigenvalue weighted by molar-refractivity contribution is 5.80. The van der Waals surface area contributed by atoms with Crippen LogP contribution in [0.1, 0.15) is 12.0 Å². The molecule has 4 aromatic rings. The summed E-state index contributed by atoms with van der Waals surface area (Å²) in [5.74, 6) is 0.0621. The zero-order chi connectivity index (χ0) is 22.5. The predicted octanol–water partition coefficient (Wildman–Crippen LogP) is 4.28. The van der Waals surface area contributed by atoms with E-state index >= 15 is 0 Å². The number of hydrogen-bond donors (Lipinski definition) is 2. The lowest BCUT2D eigenvalue weighted by Crippen LogP contribution is -2.25. The zero-order valence-electron chi connectivity index (χ0n) is 17.8. The summed E-state index contributed by atoms with van der Waals surface area (Å²) >= 11 is 0. The van der Waals surface area contributed by atoms with Crippen molar-refractivity contribution in [2.24, 2.45) is 7.05 Å². The molecule has 0 spiro atoms. The van der Waals surface area contributed by atoms with Gasteiger partial charge in [-0.2, -0.15) is 0 Å². The second kappa shape index (κ2) is 9.43. The van der Waals surface area contributed by atoms with E-state index in [1.54, 1.807) is 37.5 Å². The fourth-order valence-electron chi connectivity index (χ4n) is 3.54. The van der Waals surface area contributed by atoms with E-state index in [9.17, 15) is 9.18 Å². The molecule has 162 valence electrons. The van der Waals surface area contributed by atoms with E-state index in [-0.39, 0.29) is 11.4 Å². The summed E-state index contributed by atoms with van der Waals surface area (Å²) in [5.41, 5.74) is 9.26. The Morgan fingerprint density at radius 2 is 1.81 bits per heavy atom. The number of hydrogen-bond acceptors (Lipinski definition) is 5. The van der Waals surface area contributed by atoms with Gasteiger partial charge >= 0.3 is 0 Å². The van der Waals surface area contributed by atoms with Crippen LogP contribution in [0.25, 0.3) is 22.5 Å². The van der Waals surface area contributed by atoms with Crippen molar-refractivity contribution < 1.29 is 4.39 Å². The maximum Gasteiger partial charge on any atom is 0.263 e. The Balaban J connectivity index is 1.69. The van der Waals surface area contributed by atoms with Crippen molar-refractivity contribution in [3.8, 4) is 22.5 Å². The molecule has 0 fully saturated rings. The van der Waals surface area contributed by atoms with E-state index in [4.69, 9.17) is 10.7 Å². The molecule has 0 aliphatic carbocycles. The number of benzene rings is 2. The van der Waals surface area contributed by atoms with Gasteiger partial charge in [-0.05, 0) is 48.2 Å². The smallest absolute Gasteiger partial charge is 0.263 e. The monoisotopic (exact) mass is 429 g/mol. The Morgan fingerprint density at radius 3 is 2.53 bits per heavy atom. The van der Waals surface area contributed by atoms with Gasteiger partial charge in [0.25, 0.3) is 5.56 Å². The van der Waals surface area contributed by atoms with Crippen molar-refractivity contribution in [3.63, 3.8) is 0 Å². The van der Waals surface area contributed by atoms with E-state index in [2.05, 4.69) is 22.4 Å². The van der Waals surface area contributed by atoms with E-state index in [0.717, 1.165) is 12.8 Å². The van der Waals surface area contributed by atoms with E-state index < -0.39 is 0 Å². The van der Waals surface area contributed by atoms with Crippen LogP contribution in [0.2, 0.25) is 0 Å². The predicted molar refractivity (Wildman–Crippen MR) is 126 cm³/mol. The average molecular weight is 429 g/mol. The molecule has 0 saturated carbocycles. The molecule has 4 rings (SSSR count). The van der Waals surface area contributed by atoms with Gasteiger partial charge in [-0.3, -0.25) is 14.3 Å². The first-order valence-electron chi connectivity index (χ1n) is 10.4. The summed E-state index contributed by atoms with van der Waals surface area (Å²) < 4.78 is 14.9. The topological polar surface area (TPSA) is 85.8 Å². The second-order valence-electron chi connectivity index (χ2n) is 7.52. The molecule has 7 heteroatoms. The molecule has 3 N–H and O–H groups in total. The number of nitrogen functional groups attached to an aromatic ring is 1. The minimum absolute atomic E-state index is 0.253. The van der Waals surface area contributed by atoms with Gasteiger partial charge in [-0.25, -0.2) is 9.37 Å². The first-order valence-corrected chi connectivity index (χ1v) is 10.4. The van der Waals surface area contributed by atoms with Gasteiger partial charge in [-0.15, -0.1) is 0 Å². The van der Waals surface area contributed by atoms with Crippen LogP contribution in [0.3, 0.4) is 0 Å². The number of aryl methyl sites for hydroxylation is 1. The number of nitrogens with zero attached hydrogens (tertiary/aromatic N) is 3. The highest BCUT2D eigenvalue weighted by Gasteiger charge is 2.19. The normalized spacial score (nSPS) is 10.8. The van der Waals surface area contributed by atoms with Crippen molar-refractivity contribution in [1.29, 1.82) is 0 Å². The van der Waals surface area contributed by atoms with Gasteiger partial charge in [0.05, 0.1) is 11.3 Å². The SMILES string of the molecule is Cn1c(NCCCc2ccccc2)nc(-c2cc(N)ccn2)c(-c2ccc(F)cc2)c1=O. The lowest BCUT2D eigenvalue weighted by molar-refractivity contribution is 0.628. The first kappa shape index (κ1) is 21.2. The number of nitrogens with one attached hydrogen (secondary N) is 1. The lowest BCUT2D eigenvalue weighted by atomic mass is 10.0. The van der Waals surface area contributed by atoms with Crippen LogP contribution >= 0.6 is 0 Å². The maximum atomic E-state index is 13.5. The molecule has 2 heterocycles. The fraction of sp³-hybridized carbons (Fsp3) is 0.160. The fourth-order valence-corrected chi connectivity index (χ4v) is 3.54. The van der Waals surface area contributed by atoms with Crippen molar-refractivity contribution in [3.05, 3.63) is 94.7 Å². The Hall–Kier alpha value is -4.00. The van der Waals surface area contributed by atoms with Crippen molar-refractivity contribution >= 4 is 11.6 Å². The molecule has 0 unspecified atom stereocenters. The number of aromatic nitrogens is 3. The first-order chi connectivity index (χ1) is 15.5. The van der Waals surface area contributed by atoms with E-state index in [1.165, 1.54) is 22.3 Å². The second-order valence-corrected chi connectivity index (χ2v) is 7.52. The summed E-state index contributed by atoms with van der Waals surface area (Å²) in [4.78, 5) is 22.4. The molecule has 0 bridgehead atoms. The minimum atomic E-state index is -0.376. The van der Waals surface area contributed by atoms with Crippen LogP contribution < -0.4 is 16.6 Å². The number of rotatable bonds is 7.